The van der Waals surface area contributed by atoms with Crippen LogP contribution in [0, 0.1) is 6.92 Å². The number of nitrogens with zero attached hydrogens (tertiary/aromatic N) is 2. The van der Waals surface area contributed by atoms with E-state index in [1.54, 1.807) is 0 Å². The van der Waals surface area contributed by atoms with Crippen molar-refractivity contribution in [3.8, 4) is 0 Å². The first-order valence-electron chi connectivity index (χ1n) is 6.67. The summed E-state index contributed by atoms with van der Waals surface area (Å²) < 4.78 is 0. The molecule has 2 aromatic carbocycles. The van der Waals surface area contributed by atoms with Gasteiger partial charge in [-0.3, -0.25) is 10.0 Å². The molecular weight excluding hydrogens is 266 g/mol. The minimum atomic E-state index is 0.717. The van der Waals surface area contributed by atoms with Crippen molar-refractivity contribution >= 4 is 23.0 Å². The van der Waals surface area contributed by atoms with Crippen LogP contribution in [0.15, 0.2) is 54.6 Å². The lowest BCUT2D eigenvalue weighted by Gasteiger charge is -2.29. The summed E-state index contributed by atoms with van der Waals surface area (Å²) in [6, 6.07) is 18.9. The summed E-state index contributed by atoms with van der Waals surface area (Å²) >= 11 is 5.42. The lowest BCUT2D eigenvalue weighted by molar-refractivity contribution is 0.419. The largest absolute Gasteiger partial charge is 0.342 e. The molecule has 0 aromatic heterocycles. The second-order valence-corrected chi connectivity index (χ2v) is 5.31. The molecule has 102 valence electrons. The molecule has 0 unspecified atom stereocenters. The van der Waals surface area contributed by atoms with Crippen molar-refractivity contribution in [2.45, 2.75) is 13.5 Å². The van der Waals surface area contributed by atoms with Crippen molar-refractivity contribution in [2.75, 3.05) is 11.7 Å². The van der Waals surface area contributed by atoms with Crippen molar-refractivity contribution in [3.05, 3.63) is 65.7 Å². The lowest BCUT2D eigenvalue weighted by atomic mass is 10.2. The Balaban J connectivity index is 1.83. The zero-order valence-corrected chi connectivity index (χ0v) is 12.2. The number of hydrogen-bond donors (Lipinski definition) is 1. The molecule has 0 atom stereocenters. The third-order valence-electron chi connectivity index (χ3n) is 3.41. The van der Waals surface area contributed by atoms with Crippen molar-refractivity contribution in [1.82, 2.24) is 10.3 Å². The molecule has 1 aliphatic rings. The highest BCUT2D eigenvalue weighted by atomic mass is 32.1. The van der Waals surface area contributed by atoms with Gasteiger partial charge in [-0.2, -0.15) is 0 Å². The molecule has 3 rings (SSSR count). The van der Waals surface area contributed by atoms with Crippen LogP contribution in [0.1, 0.15) is 11.1 Å². The summed E-state index contributed by atoms with van der Waals surface area (Å²) in [6.07, 6.45) is 0. The zero-order valence-electron chi connectivity index (χ0n) is 11.4. The number of hydrogen-bond acceptors (Lipinski definition) is 2. The van der Waals surface area contributed by atoms with Gasteiger partial charge in [0.15, 0.2) is 5.11 Å². The maximum atomic E-state index is 5.42. The number of rotatable bonds is 3. The van der Waals surface area contributed by atoms with Crippen LogP contribution in [0.25, 0.3) is 0 Å². The minimum Gasteiger partial charge on any atom is -0.342 e. The zero-order chi connectivity index (χ0) is 13.9. The molecule has 1 fully saturated rings. The maximum absolute atomic E-state index is 5.42. The Kier molecular flexibility index (Phi) is 3.56. The summed E-state index contributed by atoms with van der Waals surface area (Å²) in [7, 11) is 0. The number of hydrazine groups is 1. The SMILES string of the molecule is Cc1ccc(N2CNC(=S)N2Cc2ccccc2)cc1. The Morgan fingerprint density at radius 3 is 2.45 bits per heavy atom. The molecule has 2 aromatic rings. The Morgan fingerprint density at radius 2 is 1.75 bits per heavy atom. The molecule has 0 radical (unpaired) electrons. The van der Waals surface area contributed by atoms with Crippen LogP contribution in [0.5, 0.6) is 0 Å². The second-order valence-electron chi connectivity index (χ2n) is 4.92. The van der Waals surface area contributed by atoms with Gasteiger partial charge >= 0.3 is 0 Å². The summed E-state index contributed by atoms with van der Waals surface area (Å²) in [4.78, 5) is 0. The summed E-state index contributed by atoms with van der Waals surface area (Å²) in [5.74, 6) is 0. The van der Waals surface area contributed by atoms with E-state index in [-0.39, 0.29) is 0 Å². The summed E-state index contributed by atoms with van der Waals surface area (Å²) in [5, 5.41) is 8.29. The average Bonchev–Trinajstić information content (AvgIpc) is 2.83. The van der Waals surface area contributed by atoms with Crippen molar-refractivity contribution in [3.63, 3.8) is 0 Å². The van der Waals surface area contributed by atoms with Crippen LogP contribution < -0.4 is 10.3 Å². The van der Waals surface area contributed by atoms with E-state index in [0.717, 1.165) is 17.3 Å². The highest BCUT2D eigenvalue weighted by Gasteiger charge is 2.25. The van der Waals surface area contributed by atoms with E-state index >= 15 is 0 Å². The average molecular weight is 283 g/mol. The third kappa shape index (κ3) is 2.60. The molecule has 1 heterocycles. The van der Waals surface area contributed by atoms with Crippen LogP contribution >= 0.6 is 12.2 Å². The van der Waals surface area contributed by atoms with E-state index in [0.29, 0.717) is 6.67 Å². The number of benzene rings is 2. The third-order valence-corrected chi connectivity index (χ3v) is 3.77. The van der Waals surface area contributed by atoms with Gasteiger partial charge in [-0.15, -0.1) is 0 Å². The van der Waals surface area contributed by atoms with Gasteiger partial charge in [-0.05, 0) is 36.8 Å². The minimum absolute atomic E-state index is 0.717. The Labute approximate surface area is 124 Å². The molecule has 0 aliphatic carbocycles. The van der Waals surface area contributed by atoms with Gasteiger partial charge < -0.3 is 5.32 Å². The lowest BCUT2D eigenvalue weighted by Crippen LogP contribution is -2.38. The molecule has 1 aliphatic heterocycles. The molecule has 4 heteroatoms. The highest BCUT2D eigenvalue weighted by molar-refractivity contribution is 7.80. The molecule has 0 bridgehead atoms. The fourth-order valence-electron chi connectivity index (χ4n) is 2.29. The quantitative estimate of drug-likeness (QED) is 0.872. The number of aryl methyl sites for hydroxylation is 1. The van der Waals surface area contributed by atoms with Gasteiger partial charge in [0.05, 0.1) is 12.2 Å². The van der Waals surface area contributed by atoms with Crippen molar-refractivity contribution < 1.29 is 0 Å². The predicted molar refractivity (Wildman–Crippen MR) is 86.2 cm³/mol. The topological polar surface area (TPSA) is 18.5 Å². The second kappa shape index (κ2) is 5.51. The molecule has 0 saturated carbocycles. The first-order chi connectivity index (χ1) is 9.74. The molecule has 0 amide bonds. The molecule has 20 heavy (non-hydrogen) atoms. The van der Waals surface area contributed by atoms with Gasteiger partial charge in [-0.1, -0.05) is 48.0 Å². The smallest absolute Gasteiger partial charge is 0.189 e. The molecule has 0 spiro atoms. The molecule has 3 nitrogen and oxygen atoms in total. The predicted octanol–water partition coefficient (Wildman–Crippen LogP) is 3.06. The molecular formula is C16H17N3S. The Hall–Kier alpha value is -2.07. The monoisotopic (exact) mass is 283 g/mol. The van der Waals surface area contributed by atoms with Gasteiger partial charge in [0.25, 0.3) is 0 Å². The Bertz CT molecular complexity index is 595. The van der Waals surface area contributed by atoms with Crippen LogP contribution in [0.2, 0.25) is 0 Å². The number of nitrogens with one attached hydrogen (secondary N) is 1. The van der Waals surface area contributed by atoms with Crippen LogP contribution in [0.4, 0.5) is 5.69 Å². The summed E-state index contributed by atoms with van der Waals surface area (Å²) in [6.45, 7) is 3.59. The number of thiocarbonyl (C=S) groups is 1. The maximum Gasteiger partial charge on any atom is 0.189 e. The van der Waals surface area contributed by atoms with Gasteiger partial charge in [0, 0.05) is 0 Å². The summed E-state index contributed by atoms with van der Waals surface area (Å²) in [5.41, 5.74) is 3.66. The van der Waals surface area contributed by atoms with Crippen molar-refractivity contribution in [1.29, 1.82) is 0 Å². The van der Waals surface area contributed by atoms with Crippen LogP contribution in [-0.2, 0) is 6.54 Å². The fourth-order valence-corrected chi connectivity index (χ4v) is 2.52. The van der Waals surface area contributed by atoms with Crippen LogP contribution in [-0.4, -0.2) is 16.8 Å². The normalized spacial score (nSPS) is 14.6. The first-order valence-corrected chi connectivity index (χ1v) is 7.08. The molecule has 1 N–H and O–H groups in total. The number of anilines is 1. The highest BCUT2D eigenvalue weighted by Crippen LogP contribution is 2.21. The van der Waals surface area contributed by atoms with Crippen LogP contribution in [0.3, 0.4) is 0 Å². The van der Waals surface area contributed by atoms with E-state index in [9.17, 15) is 0 Å². The van der Waals surface area contributed by atoms with E-state index in [4.69, 9.17) is 12.2 Å². The molecule has 1 saturated heterocycles. The van der Waals surface area contributed by atoms with E-state index in [2.05, 4.69) is 70.8 Å². The first kappa shape index (κ1) is 12.9. The van der Waals surface area contributed by atoms with Crippen molar-refractivity contribution in [2.24, 2.45) is 0 Å². The van der Waals surface area contributed by atoms with E-state index in [1.165, 1.54) is 11.1 Å². The van der Waals surface area contributed by atoms with E-state index < -0.39 is 0 Å². The van der Waals surface area contributed by atoms with Gasteiger partial charge in [0.2, 0.25) is 0 Å². The van der Waals surface area contributed by atoms with E-state index in [1.807, 2.05) is 6.07 Å². The standard InChI is InChI=1S/C16H17N3S/c1-13-7-9-15(10-8-13)19-12-17-16(20)18(19)11-14-5-3-2-4-6-14/h2-10H,11-12H2,1H3,(H,17,20). The Morgan fingerprint density at radius 1 is 1.05 bits per heavy atom. The fraction of sp³-hybridized carbons (Fsp3) is 0.188. The van der Waals surface area contributed by atoms with Gasteiger partial charge in [0.1, 0.15) is 6.67 Å². The van der Waals surface area contributed by atoms with Gasteiger partial charge in [-0.25, -0.2) is 0 Å².